The Kier molecular flexibility index (Phi) is 5.10. The van der Waals surface area contributed by atoms with Crippen LogP contribution in [0.4, 0.5) is 8.78 Å². The number of pyridine rings is 1. The Morgan fingerprint density at radius 3 is 2.79 bits per heavy atom. The van der Waals surface area contributed by atoms with Gasteiger partial charge in [0.05, 0.1) is 6.20 Å². The molecule has 0 radical (unpaired) electrons. The molecule has 1 unspecified atom stereocenters. The minimum Gasteiger partial charge on any atom is -0.348 e. The predicted octanol–water partition coefficient (Wildman–Crippen LogP) is 2.68. The molecule has 4 rings (SSSR count). The molecule has 0 fully saturated rings. The Morgan fingerprint density at radius 2 is 2.00 bits per heavy atom. The van der Waals surface area contributed by atoms with E-state index in [1.807, 2.05) is 30.3 Å². The number of rotatable bonds is 4. The molecule has 6 nitrogen and oxygen atoms in total. The SMILES string of the molecule is O=C(NC1CCc2nnc(Cc3ccccc3)n2CC1)c1ncc(F)cc1F. The number of benzene rings is 1. The van der Waals surface area contributed by atoms with Gasteiger partial charge >= 0.3 is 0 Å². The fourth-order valence-electron chi connectivity index (χ4n) is 3.44. The van der Waals surface area contributed by atoms with Gasteiger partial charge in [-0.1, -0.05) is 30.3 Å². The summed E-state index contributed by atoms with van der Waals surface area (Å²) in [6, 6.07) is 10.6. The Morgan fingerprint density at radius 1 is 1.18 bits per heavy atom. The number of nitrogens with one attached hydrogen (secondary N) is 1. The van der Waals surface area contributed by atoms with Crippen LogP contribution in [-0.4, -0.2) is 31.7 Å². The number of amides is 1. The molecule has 1 aliphatic heterocycles. The minimum absolute atomic E-state index is 0.148. The van der Waals surface area contributed by atoms with Gasteiger partial charge in [-0.2, -0.15) is 0 Å². The molecule has 0 spiro atoms. The Balaban J connectivity index is 1.43. The maximum atomic E-state index is 13.8. The number of aromatic nitrogens is 4. The molecule has 1 atom stereocenters. The van der Waals surface area contributed by atoms with Gasteiger partial charge in [0.25, 0.3) is 5.91 Å². The van der Waals surface area contributed by atoms with Crippen LogP contribution < -0.4 is 5.32 Å². The van der Waals surface area contributed by atoms with Crippen molar-refractivity contribution < 1.29 is 13.6 Å². The predicted molar refractivity (Wildman–Crippen MR) is 97.6 cm³/mol. The first-order chi connectivity index (χ1) is 13.6. The molecule has 1 N–H and O–H groups in total. The second-order valence-electron chi connectivity index (χ2n) is 6.83. The Bertz CT molecular complexity index is 990. The molecule has 1 aliphatic rings. The number of hydrogen-bond acceptors (Lipinski definition) is 4. The van der Waals surface area contributed by atoms with E-state index in [0.717, 1.165) is 23.4 Å². The summed E-state index contributed by atoms with van der Waals surface area (Å²) in [5, 5.41) is 11.4. The van der Waals surface area contributed by atoms with Crippen molar-refractivity contribution in [3.63, 3.8) is 0 Å². The zero-order valence-electron chi connectivity index (χ0n) is 15.1. The summed E-state index contributed by atoms with van der Waals surface area (Å²) in [6.45, 7) is 0.661. The van der Waals surface area contributed by atoms with E-state index >= 15 is 0 Å². The van der Waals surface area contributed by atoms with Gasteiger partial charge in [-0.25, -0.2) is 13.8 Å². The van der Waals surface area contributed by atoms with E-state index in [0.29, 0.717) is 38.3 Å². The zero-order chi connectivity index (χ0) is 19.5. The van der Waals surface area contributed by atoms with Crippen LogP contribution in [0.3, 0.4) is 0 Å². The van der Waals surface area contributed by atoms with Crippen LogP contribution in [0.2, 0.25) is 0 Å². The molecular weight excluding hydrogens is 364 g/mol. The van der Waals surface area contributed by atoms with Crippen LogP contribution in [0.25, 0.3) is 0 Å². The van der Waals surface area contributed by atoms with E-state index in [2.05, 4.69) is 25.1 Å². The summed E-state index contributed by atoms with van der Waals surface area (Å²) in [4.78, 5) is 15.9. The molecule has 2 aromatic heterocycles. The first-order valence-corrected chi connectivity index (χ1v) is 9.17. The topological polar surface area (TPSA) is 72.7 Å². The largest absolute Gasteiger partial charge is 0.348 e. The van der Waals surface area contributed by atoms with E-state index in [1.165, 1.54) is 0 Å². The van der Waals surface area contributed by atoms with Crippen molar-refractivity contribution in [3.05, 3.63) is 77.1 Å². The smallest absolute Gasteiger partial charge is 0.273 e. The fourth-order valence-corrected chi connectivity index (χ4v) is 3.44. The second kappa shape index (κ2) is 7.84. The third kappa shape index (κ3) is 3.90. The lowest BCUT2D eigenvalue weighted by Gasteiger charge is -2.16. The van der Waals surface area contributed by atoms with Gasteiger partial charge in [0.2, 0.25) is 0 Å². The highest BCUT2D eigenvalue weighted by atomic mass is 19.1. The van der Waals surface area contributed by atoms with Crippen LogP contribution in [0, 0.1) is 11.6 Å². The van der Waals surface area contributed by atoms with Gasteiger partial charge in [-0.3, -0.25) is 4.79 Å². The van der Waals surface area contributed by atoms with Crippen LogP contribution in [0.5, 0.6) is 0 Å². The van der Waals surface area contributed by atoms with E-state index in [4.69, 9.17) is 0 Å². The number of hydrogen-bond donors (Lipinski definition) is 1. The molecule has 144 valence electrons. The van der Waals surface area contributed by atoms with Crippen molar-refractivity contribution in [2.75, 3.05) is 0 Å². The molecular formula is C20H19F2N5O. The first kappa shape index (κ1) is 18.2. The van der Waals surface area contributed by atoms with Gasteiger partial charge < -0.3 is 9.88 Å². The van der Waals surface area contributed by atoms with Gasteiger partial charge in [-0.05, 0) is 18.4 Å². The standard InChI is InChI=1S/C20H19F2N5O/c21-14-11-16(22)19(23-12-14)20(28)24-15-6-7-17-25-26-18(27(17)9-8-15)10-13-4-2-1-3-5-13/h1-5,11-12,15H,6-10H2,(H,24,28). The molecule has 3 aromatic rings. The Labute approximate surface area is 160 Å². The van der Waals surface area contributed by atoms with E-state index in [-0.39, 0.29) is 6.04 Å². The molecule has 0 aliphatic carbocycles. The third-order valence-corrected chi connectivity index (χ3v) is 4.88. The summed E-state index contributed by atoms with van der Waals surface area (Å²) in [6.07, 6.45) is 3.52. The number of halogens is 2. The lowest BCUT2D eigenvalue weighted by molar-refractivity contribution is 0.0923. The molecule has 1 amide bonds. The van der Waals surface area contributed by atoms with E-state index in [1.54, 1.807) is 0 Å². The first-order valence-electron chi connectivity index (χ1n) is 9.17. The average molecular weight is 383 g/mol. The Hall–Kier alpha value is -3.16. The zero-order valence-corrected chi connectivity index (χ0v) is 15.1. The normalized spacial score (nSPS) is 16.3. The van der Waals surface area contributed by atoms with Crippen molar-refractivity contribution in [2.45, 2.75) is 38.3 Å². The van der Waals surface area contributed by atoms with Gasteiger partial charge in [0.15, 0.2) is 11.5 Å². The molecule has 28 heavy (non-hydrogen) atoms. The molecule has 0 saturated carbocycles. The van der Waals surface area contributed by atoms with E-state index in [9.17, 15) is 13.6 Å². The summed E-state index contributed by atoms with van der Waals surface area (Å²) in [5.41, 5.74) is 0.763. The summed E-state index contributed by atoms with van der Waals surface area (Å²) < 4.78 is 28.9. The number of carbonyl (C=O) groups excluding carboxylic acids is 1. The van der Waals surface area contributed by atoms with Gasteiger partial charge in [0, 0.05) is 31.5 Å². The number of fused-ring (bicyclic) bond motifs is 1. The molecule has 1 aromatic carbocycles. The number of aryl methyl sites for hydroxylation is 1. The van der Waals surface area contributed by atoms with Crippen molar-refractivity contribution >= 4 is 5.91 Å². The summed E-state index contributed by atoms with van der Waals surface area (Å²) in [7, 11) is 0. The summed E-state index contributed by atoms with van der Waals surface area (Å²) in [5.74, 6) is -0.640. The average Bonchev–Trinajstić information content (AvgIpc) is 2.94. The molecule has 0 saturated heterocycles. The van der Waals surface area contributed by atoms with Crippen molar-refractivity contribution in [1.82, 2.24) is 25.1 Å². The van der Waals surface area contributed by atoms with Crippen LogP contribution in [-0.2, 0) is 19.4 Å². The van der Waals surface area contributed by atoms with Crippen molar-refractivity contribution in [1.29, 1.82) is 0 Å². The fraction of sp³-hybridized carbons (Fsp3) is 0.300. The second-order valence-corrected chi connectivity index (χ2v) is 6.83. The highest BCUT2D eigenvalue weighted by Gasteiger charge is 2.23. The number of carbonyl (C=O) groups is 1. The van der Waals surface area contributed by atoms with Gasteiger partial charge in [0.1, 0.15) is 17.5 Å². The molecule has 3 heterocycles. The molecule has 0 bridgehead atoms. The van der Waals surface area contributed by atoms with Crippen LogP contribution in [0.1, 0.15) is 40.5 Å². The maximum absolute atomic E-state index is 13.8. The highest BCUT2D eigenvalue weighted by molar-refractivity contribution is 5.92. The summed E-state index contributed by atoms with van der Waals surface area (Å²) >= 11 is 0. The van der Waals surface area contributed by atoms with Crippen molar-refractivity contribution in [2.24, 2.45) is 0 Å². The van der Waals surface area contributed by atoms with Gasteiger partial charge in [-0.15, -0.1) is 10.2 Å². The van der Waals surface area contributed by atoms with Crippen LogP contribution >= 0.6 is 0 Å². The van der Waals surface area contributed by atoms with E-state index < -0.39 is 23.2 Å². The highest BCUT2D eigenvalue weighted by Crippen LogP contribution is 2.18. The lowest BCUT2D eigenvalue weighted by atomic mass is 10.1. The quantitative estimate of drug-likeness (QED) is 0.752. The van der Waals surface area contributed by atoms with Crippen molar-refractivity contribution in [3.8, 4) is 0 Å². The maximum Gasteiger partial charge on any atom is 0.273 e. The van der Waals surface area contributed by atoms with Crippen LogP contribution in [0.15, 0.2) is 42.6 Å². The number of nitrogens with zero attached hydrogens (tertiary/aromatic N) is 4. The lowest BCUT2D eigenvalue weighted by Crippen LogP contribution is -2.36. The monoisotopic (exact) mass is 383 g/mol. The molecule has 8 heteroatoms. The third-order valence-electron chi connectivity index (χ3n) is 4.88. The minimum atomic E-state index is -0.964.